The predicted octanol–water partition coefficient (Wildman–Crippen LogP) is 4.28. The van der Waals surface area contributed by atoms with Gasteiger partial charge in [-0.1, -0.05) is 30.7 Å². The molecule has 1 N–H and O–H groups in total. The zero-order chi connectivity index (χ0) is 14.4. The zero-order valence-electron chi connectivity index (χ0n) is 12.8. The Morgan fingerprint density at radius 3 is 3.00 bits per heavy atom. The van der Waals surface area contributed by atoms with Gasteiger partial charge in [-0.25, -0.2) is 0 Å². The highest BCUT2D eigenvalue weighted by Crippen LogP contribution is 2.36. The molecule has 0 fully saturated rings. The molecule has 1 aromatic carbocycles. The van der Waals surface area contributed by atoms with Gasteiger partial charge in [-0.2, -0.15) is 0 Å². The van der Waals surface area contributed by atoms with Crippen molar-refractivity contribution in [2.24, 2.45) is 0 Å². The van der Waals surface area contributed by atoms with E-state index in [2.05, 4.69) is 50.0 Å². The number of ether oxygens (including phenoxy) is 1. The topological polar surface area (TPSA) is 21.3 Å². The molecule has 2 heteroatoms. The summed E-state index contributed by atoms with van der Waals surface area (Å²) < 4.78 is 5.79. The van der Waals surface area contributed by atoms with Crippen LogP contribution in [0.15, 0.2) is 36.4 Å². The molecule has 0 radical (unpaired) electrons. The Morgan fingerprint density at radius 1 is 1.45 bits per heavy atom. The van der Waals surface area contributed by atoms with Crippen molar-refractivity contribution in [2.75, 3.05) is 13.2 Å². The summed E-state index contributed by atoms with van der Waals surface area (Å²) in [5, 5.41) is 3.74. The number of nitrogens with one attached hydrogen (secondary N) is 1. The highest BCUT2D eigenvalue weighted by atomic mass is 16.5. The average Bonchev–Trinajstić information content (AvgIpc) is 2.47. The molecule has 1 aromatic rings. The first-order valence-electron chi connectivity index (χ1n) is 7.82. The summed E-state index contributed by atoms with van der Waals surface area (Å²) in [7, 11) is 0. The van der Waals surface area contributed by atoms with E-state index in [1.165, 1.54) is 17.6 Å². The fourth-order valence-electron chi connectivity index (χ4n) is 2.96. The van der Waals surface area contributed by atoms with Crippen molar-refractivity contribution in [3.63, 3.8) is 0 Å². The van der Waals surface area contributed by atoms with Crippen LogP contribution in [-0.4, -0.2) is 19.2 Å². The monoisotopic (exact) mass is 273 g/mol. The number of allylic oxidation sites excluding steroid dienone is 1. The molecule has 110 valence electrons. The minimum atomic E-state index is 0.525. The minimum Gasteiger partial charge on any atom is -0.493 e. The van der Waals surface area contributed by atoms with Crippen molar-refractivity contribution < 1.29 is 4.74 Å². The highest BCUT2D eigenvalue weighted by molar-refractivity contribution is 5.38. The third kappa shape index (κ3) is 3.86. The predicted molar refractivity (Wildman–Crippen MR) is 85.4 cm³/mol. The number of hydrogen-bond acceptors (Lipinski definition) is 2. The first-order chi connectivity index (χ1) is 9.72. The summed E-state index contributed by atoms with van der Waals surface area (Å²) >= 11 is 0. The SMILES string of the molecule is C=C(C)CCC(NCCC)C1CCOc2ccccc21. The Balaban J connectivity index is 2.13. The lowest BCUT2D eigenvalue weighted by Crippen LogP contribution is -2.37. The van der Waals surface area contributed by atoms with Gasteiger partial charge < -0.3 is 10.1 Å². The quantitative estimate of drug-likeness (QED) is 0.749. The summed E-state index contributed by atoms with van der Waals surface area (Å²) in [6, 6.07) is 9.02. The summed E-state index contributed by atoms with van der Waals surface area (Å²) in [4.78, 5) is 0. The second kappa shape index (κ2) is 7.49. The Bertz CT molecular complexity index is 441. The number of hydrogen-bond donors (Lipinski definition) is 1. The van der Waals surface area contributed by atoms with Gasteiger partial charge in [-0.05, 0) is 50.8 Å². The van der Waals surface area contributed by atoms with Crippen LogP contribution >= 0.6 is 0 Å². The van der Waals surface area contributed by atoms with Crippen LogP contribution in [0.3, 0.4) is 0 Å². The molecular weight excluding hydrogens is 246 g/mol. The molecule has 0 bridgehead atoms. The molecule has 1 aliphatic heterocycles. The van der Waals surface area contributed by atoms with Crippen molar-refractivity contribution >= 4 is 0 Å². The molecule has 20 heavy (non-hydrogen) atoms. The molecule has 2 rings (SSSR count). The van der Waals surface area contributed by atoms with Gasteiger partial charge in [0.1, 0.15) is 5.75 Å². The van der Waals surface area contributed by atoms with Gasteiger partial charge >= 0.3 is 0 Å². The van der Waals surface area contributed by atoms with E-state index in [-0.39, 0.29) is 0 Å². The first kappa shape index (κ1) is 15.1. The molecule has 0 aromatic heterocycles. The second-order valence-corrected chi connectivity index (χ2v) is 5.84. The maximum atomic E-state index is 5.79. The van der Waals surface area contributed by atoms with Gasteiger partial charge in [0.15, 0.2) is 0 Å². The van der Waals surface area contributed by atoms with Crippen LogP contribution in [-0.2, 0) is 0 Å². The van der Waals surface area contributed by atoms with Crippen molar-refractivity contribution in [1.29, 1.82) is 0 Å². The van der Waals surface area contributed by atoms with Gasteiger partial charge in [0.05, 0.1) is 6.61 Å². The molecule has 0 spiro atoms. The van der Waals surface area contributed by atoms with Crippen LogP contribution in [0.5, 0.6) is 5.75 Å². The van der Waals surface area contributed by atoms with E-state index in [4.69, 9.17) is 4.74 Å². The largest absolute Gasteiger partial charge is 0.493 e. The second-order valence-electron chi connectivity index (χ2n) is 5.84. The fourth-order valence-corrected chi connectivity index (χ4v) is 2.96. The van der Waals surface area contributed by atoms with Crippen LogP contribution < -0.4 is 10.1 Å². The minimum absolute atomic E-state index is 0.525. The Labute approximate surface area is 123 Å². The van der Waals surface area contributed by atoms with Crippen molar-refractivity contribution in [3.8, 4) is 5.75 Å². The summed E-state index contributed by atoms with van der Waals surface area (Å²) in [6.07, 6.45) is 4.54. The average molecular weight is 273 g/mol. The lowest BCUT2D eigenvalue weighted by molar-refractivity contribution is 0.241. The highest BCUT2D eigenvalue weighted by Gasteiger charge is 2.28. The summed E-state index contributed by atoms with van der Waals surface area (Å²) in [5.74, 6) is 1.63. The van der Waals surface area contributed by atoms with Gasteiger partial charge in [-0.3, -0.25) is 0 Å². The smallest absolute Gasteiger partial charge is 0.122 e. The number of benzene rings is 1. The van der Waals surface area contributed by atoms with E-state index >= 15 is 0 Å². The molecule has 1 heterocycles. The van der Waals surface area contributed by atoms with Gasteiger partial charge in [0.2, 0.25) is 0 Å². The van der Waals surface area contributed by atoms with Crippen LogP contribution in [0.2, 0.25) is 0 Å². The van der Waals surface area contributed by atoms with E-state index in [0.717, 1.165) is 38.2 Å². The van der Waals surface area contributed by atoms with E-state index < -0.39 is 0 Å². The van der Waals surface area contributed by atoms with Gasteiger partial charge in [0.25, 0.3) is 0 Å². The lowest BCUT2D eigenvalue weighted by Gasteiger charge is -2.33. The van der Waals surface area contributed by atoms with Crippen molar-refractivity contribution in [3.05, 3.63) is 42.0 Å². The molecule has 0 aliphatic carbocycles. The van der Waals surface area contributed by atoms with Crippen LogP contribution in [0.1, 0.15) is 51.0 Å². The zero-order valence-corrected chi connectivity index (χ0v) is 12.8. The Morgan fingerprint density at radius 2 is 2.25 bits per heavy atom. The molecule has 0 saturated heterocycles. The lowest BCUT2D eigenvalue weighted by atomic mass is 9.84. The van der Waals surface area contributed by atoms with E-state index in [0.29, 0.717) is 12.0 Å². The number of rotatable bonds is 7. The standard InChI is InChI=1S/C18H27NO/c1-4-12-19-17(10-9-14(2)3)15-11-13-20-18-8-6-5-7-16(15)18/h5-8,15,17,19H,2,4,9-13H2,1,3H3. The van der Waals surface area contributed by atoms with Crippen LogP contribution in [0, 0.1) is 0 Å². The summed E-state index contributed by atoms with van der Waals surface area (Å²) in [6.45, 7) is 10.3. The van der Waals surface area contributed by atoms with Crippen LogP contribution in [0.4, 0.5) is 0 Å². The normalized spacial score (nSPS) is 19.0. The fraction of sp³-hybridized carbons (Fsp3) is 0.556. The molecular formula is C18H27NO. The molecule has 2 nitrogen and oxygen atoms in total. The first-order valence-corrected chi connectivity index (χ1v) is 7.82. The molecule has 0 saturated carbocycles. The van der Waals surface area contributed by atoms with Gasteiger partial charge in [0, 0.05) is 12.0 Å². The maximum absolute atomic E-state index is 5.79. The van der Waals surface area contributed by atoms with Crippen LogP contribution in [0.25, 0.3) is 0 Å². The molecule has 0 amide bonds. The third-order valence-electron chi connectivity index (χ3n) is 4.03. The third-order valence-corrected chi connectivity index (χ3v) is 4.03. The maximum Gasteiger partial charge on any atom is 0.122 e. The molecule has 2 atom stereocenters. The number of fused-ring (bicyclic) bond motifs is 1. The van der Waals surface area contributed by atoms with E-state index in [1.54, 1.807) is 0 Å². The molecule has 1 aliphatic rings. The summed E-state index contributed by atoms with van der Waals surface area (Å²) in [5.41, 5.74) is 2.64. The van der Waals surface area contributed by atoms with E-state index in [1.807, 2.05) is 0 Å². The van der Waals surface area contributed by atoms with Gasteiger partial charge in [-0.15, -0.1) is 6.58 Å². The van der Waals surface area contributed by atoms with Crippen molar-refractivity contribution in [1.82, 2.24) is 5.32 Å². The Hall–Kier alpha value is -1.28. The van der Waals surface area contributed by atoms with E-state index in [9.17, 15) is 0 Å². The van der Waals surface area contributed by atoms with Crippen molar-refractivity contribution in [2.45, 2.75) is 51.5 Å². The molecule has 2 unspecified atom stereocenters. The Kier molecular flexibility index (Phi) is 5.66. The number of para-hydroxylation sites is 1.